The molecule has 0 N–H and O–H groups in total. The highest BCUT2D eigenvalue weighted by Crippen LogP contribution is 2.44. The van der Waals surface area contributed by atoms with Crippen LogP contribution in [-0.2, 0) is 0 Å². The van der Waals surface area contributed by atoms with Crippen LogP contribution in [0.4, 0.5) is 0 Å². The molecule has 9 heterocycles. The molecular formula is C56H32N6S2. The van der Waals surface area contributed by atoms with Crippen LogP contribution in [0, 0.1) is 0 Å². The van der Waals surface area contributed by atoms with E-state index in [0.29, 0.717) is 0 Å². The molecule has 0 amide bonds. The van der Waals surface area contributed by atoms with Gasteiger partial charge in [0.1, 0.15) is 0 Å². The predicted octanol–water partition coefficient (Wildman–Crippen LogP) is 15.0. The maximum atomic E-state index is 5.55. The molecule has 0 saturated carbocycles. The molecule has 0 radical (unpaired) electrons. The van der Waals surface area contributed by atoms with Crippen molar-refractivity contribution in [2.75, 3.05) is 0 Å². The van der Waals surface area contributed by atoms with E-state index < -0.39 is 0 Å². The Morgan fingerprint density at radius 1 is 0.281 bits per heavy atom. The Hall–Kier alpha value is -8.04. The van der Waals surface area contributed by atoms with Crippen molar-refractivity contribution < 1.29 is 0 Å². The Morgan fingerprint density at radius 3 is 0.797 bits per heavy atom. The summed E-state index contributed by atoms with van der Waals surface area (Å²) in [4.78, 5) is 30.9. The van der Waals surface area contributed by atoms with Crippen molar-refractivity contribution in [3.8, 4) is 44.5 Å². The molecule has 0 atom stereocenters. The second kappa shape index (κ2) is 14.8. The first kappa shape index (κ1) is 36.6. The lowest BCUT2D eigenvalue weighted by Gasteiger charge is -2.07. The van der Waals surface area contributed by atoms with Crippen LogP contribution < -0.4 is 0 Å². The highest BCUT2D eigenvalue weighted by molar-refractivity contribution is 7.24. The minimum Gasteiger partial charge on any atom is -0.256 e. The van der Waals surface area contributed by atoms with Crippen molar-refractivity contribution in [1.29, 1.82) is 0 Å². The predicted molar refractivity (Wildman–Crippen MR) is 269 cm³/mol. The van der Waals surface area contributed by atoms with Gasteiger partial charge < -0.3 is 0 Å². The highest BCUT2D eigenvalue weighted by Gasteiger charge is 2.21. The van der Waals surface area contributed by atoms with Crippen LogP contribution in [0.15, 0.2) is 170 Å². The molecule has 2 aliphatic rings. The molecule has 11 aromatic rings. The van der Waals surface area contributed by atoms with Crippen molar-refractivity contribution in [3.05, 3.63) is 193 Å². The molecule has 13 rings (SSSR count). The fourth-order valence-electron chi connectivity index (χ4n) is 8.99. The van der Waals surface area contributed by atoms with Crippen LogP contribution >= 0.6 is 22.7 Å². The largest absolute Gasteiger partial charge is 0.256 e. The van der Waals surface area contributed by atoms with Gasteiger partial charge in [0.15, 0.2) is 0 Å². The van der Waals surface area contributed by atoms with E-state index in [9.17, 15) is 0 Å². The van der Waals surface area contributed by atoms with Crippen LogP contribution in [0.5, 0.6) is 0 Å². The monoisotopic (exact) mass is 852 g/mol. The SMILES string of the molecule is C1=Cc2nc1c(-c1cnc3ccccc3c1)c1ccc(s1)c(-c1cnc3ccccc3c1)c1nc(c(-c3cnc4ccccc4c3)c3ccc(s3)c2-c2cnc3ccccc3c2)C=C1. The van der Waals surface area contributed by atoms with E-state index in [0.717, 1.165) is 130 Å². The van der Waals surface area contributed by atoms with Crippen LogP contribution in [0.1, 0.15) is 22.8 Å². The van der Waals surface area contributed by atoms with E-state index in [4.69, 9.17) is 29.9 Å². The summed E-state index contributed by atoms with van der Waals surface area (Å²) in [6.45, 7) is 0. The number of thiophene rings is 2. The van der Waals surface area contributed by atoms with Crippen LogP contribution in [-0.4, -0.2) is 29.9 Å². The third-order valence-corrected chi connectivity index (χ3v) is 14.3. The Kier molecular flexibility index (Phi) is 8.47. The molecule has 0 unspecified atom stereocenters. The smallest absolute Gasteiger partial charge is 0.0731 e. The molecule has 0 fully saturated rings. The number of rotatable bonds is 4. The van der Waals surface area contributed by atoms with Gasteiger partial charge in [0.25, 0.3) is 0 Å². The lowest BCUT2D eigenvalue weighted by molar-refractivity contribution is 1.32. The molecule has 8 bridgehead atoms. The quantitative estimate of drug-likeness (QED) is 0.175. The number of pyridine rings is 4. The maximum absolute atomic E-state index is 5.55. The zero-order valence-electron chi connectivity index (χ0n) is 34.0. The third kappa shape index (κ3) is 6.22. The van der Waals surface area contributed by atoms with E-state index in [2.05, 4.69) is 146 Å². The van der Waals surface area contributed by atoms with Gasteiger partial charge in [0, 0.05) is 110 Å². The maximum Gasteiger partial charge on any atom is 0.0731 e. The number of para-hydroxylation sites is 4. The van der Waals surface area contributed by atoms with E-state index in [1.54, 1.807) is 22.7 Å². The first-order valence-electron chi connectivity index (χ1n) is 21.1. The van der Waals surface area contributed by atoms with Gasteiger partial charge in [-0.05, 0) is 97.1 Å². The molecular weight excluding hydrogens is 821 g/mol. The molecule has 4 aromatic carbocycles. The Balaban J connectivity index is 1.19. The summed E-state index contributed by atoms with van der Waals surface area (Å²) in [5, 5.41) is 4.28. The van der Waals surface area contributed by atoms with Crippen molar-refractivity contribution in [3.63, 3.8) is 0 Å². The number of benzene rings is 4. The molecule has 0 spiro atoms. The first-order chi connectivity index (χ1) is 31.7. The van der Waals surface area contributed by atoms with Crippen LogP contribution in [0.3, 0.4) is 0 Å². The van der Waals surface area contributed by atoms with Gasteiger partial charge in [0.2, 0.25) is 0 Å². The molecule has 7 aromatic heterocycles. The number of aromatic nitrogens is 6. The highest BCUT2D eigenvalue weighted by atomic mass is 32.1. The summed E-state index contributed by atoms with van der Waals surface area (Å²) in [6.07, 6.45) is 16.5. The number of nitrogens with zero attached hydrogens (tertiary/aromatic N) is 6. The van der Waals surface area contributed by atoms with Gasteiger partial charge in [-0.2, -0.15) is 0 Å². The average Bonchev–Trinajstić information content (AvgIpc) is 4.20. The van der Waals surface area contributed by atoms with Crippen LogP contribution in [0.2, 0.25) is 0 Å². The van der Waals surface area contributed by atoms with Crippen molar-refractivity contribution in [2.45, 2.75) is 0 Å². The summed E-state index contributed by atoms with van der Waals surface area (Å²) in [6, 6.07) is 50.9. The fourth-order valence-corrected chi connectivity index (χ4v) is 11.3. The van der Waals surface area contributed by atoms with E-state index in [-0.39, 0.29) is 0 Å². The van der Waals surface area contributed by atoms with E-state index in [1.165, 1.54) is 0 Å². The van der Waals surface area contributed by atoms with Gasteiger partial charge in [-0.3, -0.25) is 19.9 Å². The standard InChI is InChI=1S/C56H32N6S2/c1-5-13-41-33(9-1)25-37(29-57-41)53-45-17-18-46(61-45)54(38-26-34-10-2-6-14-42(34)58-30-38)51-23-24-52(64-51)56(40-28-36-12-4-8-16-44(36)60-32-40)48-20-19-47(62-48)55(50-22-21-49(53)63-50)39-27-35-11-3-7-15-43(35)59-31-39/h1-32H. The summed E-state index contributed by atoms with van der Waals surface area (Å²) >= 11 is 3.47. The molecule has 0 aliphatic carbocycles. The Bertz CT molecular complexity index is 3490. The molecule has 298 valence electrons. The van der Waals surface area contributed by atoms with Gasteiger partial charge in [-0.15, -0.1) is 22.7 Å². The van der Waals surface area contributed by atoms with Gasteiger partial charge in [0.05, 0.1) is 44.8 Å². The third-order valence-electron chi connectivity index (χ3n) is 12.0. The normalized spacial score (nSPS) is 12.2. The topological polar surface area (TPSA) is 77.3 Å². The fraction of sp³-hybridized carbons (Fsp3) is 0. The molecule has 2 aliphatic heterocycles. The van der Waals surface area contributed by atoms with Crippen molar-refractivity contribution in [2.24, 2.45) is 0 Å². The Morgan fingerprint density at radius 2 is 0.531 bits per heavy atom. The molecule has 6 nitrogen and oxygen atoms in total. The summed E-state index contributed by atoms with van der Waals surface area (Å²) in [5.74, 6) is 0. The van der Waals surface area contributed by atoms with Crippen LogP contribution in [0.25, 0.3) is 131 Å². The minimum absolute atomic E-state index is 0.868. The molecule has 0 saturated heterocycles. The van der Waals surface area contributed by atoms with Gasteiger partial charge >= 0.3 is 0 Å². The molecule has 64 heavy (non-hydrogen) atoms. The Labute approximate surface area is 375 Å². The van der Waals surface area contributed by atoms with Crippen molar-refractivity contribution in [1.82, 2.24) is 29.9 Å². The first-order valence-corrected chi connectivity index (χ1v) is 22.7. The number of hydrogen-bond acceptors (Lipinski definition) is 8. The minimum atomic E-state index is 0.868. The average molecular weight is 853 g/mol. The summed E-state index contributed by atoms with van der Waals surface area (Å²) in [5.41, 5.74) is 15.3. The number of hydrogen-bond donors (Lipinski definition) is 0. The van der Waals surface area contributed by atoms with E-state index in [1.807, 2.05) is 49.1 Å². The van der Waals surface area contributed by atoms with Gasteiger partial charge in [-0.1, -0.05) is 72.8 Å². The summed E-state index contributed by atoms with van der Waals surface area (Å²) < 4.78 is 4.29. The summed E-state index contributed by atoms with van der Waals surface area (Å²) in [7, 11) is 0. The number of fused-ring (bicyclic) bond motifs is 12. The lowest BCUT2D eigenvalue weighted by atomic mass is 10.0. The second-order valence-electron chi connectivity index (χ2n) is 15.9. The zero-order valence-corrected chi connectivity index (χ0v) is 35.6. The zero-order chi connectivity index (χ0) is 42.1. The van der Waals surface area contributed by atoms with E-state index >= 15 is 0 Å². The molecule has 8 heteroatoms. The van der Waals surface area contributed by atoms with Gasteiger partial charge in [-0.25, -0.2) is 9.97 Å². The van der Waals surface area contributed by atoms with Crippen molar-refractivity contribution >= 4 is 109 Å². The lowest BCUT2D eigenvalue weighted by Crippen LogP contribution is -1.89. The second-order valence-corrected chi connectivity index (χ2v) is 18.1.